The molecule has 0 spiro atoms. The lowest BCUT2D eigenvalue weighted by Crippen LogP contribution is -2.05. The number of halogens is 5. The molecule has 0 saturated heterocycles. The Labute approximate surface area is 154 Å². The standard InChI is InChI=1S/C14H10Cl2F3NO2S2/c1-22-11(21)6-23-4-8-5-24-13(20-8)12-9(15)2-7(3-10(12)16)14(17,18)19/h2-3,5H,4,6H2,1H3. The number of ether oxygens (including phenoxy) is 1. The summed E-state index contributed by atoms with van der Waals surface area (Å²) in [6.07, 6.45) is -4.52. The van der Waals surface area contributed by atoms with Crippen molar-refractivity contribution in [2.75, 3.05) is 12.9 Å². The summed E-state index contributed by atoms with van der Waals surface area (Å²) < 4.78 is 42.8. The quantitative estimate of drug-likeness (QED) is 0.600. The van der Waals surface area contributed by atoms with Gasteiger partial charge >= 0.3 is 12.1 Å². The highest BCUT2D eigenvalue weighted by atomic mass is 35.5. The number of hydrogen-bond donors (Lipinski definition) is 0. The first-order chi connectivity index (χ1) is 11.2. The summed E-state index contributed by atoms with van der Waals surface area (Å²) in [6.45, 7) is 0. The van der Waals surface area contributed by atoms with Crippen LogP contribution in [0.1, 0.15) is 11.3 Å². The molecule has 0 unspecified atom stereocenters. The fourth-order valence-corrected chi connectivity index (χ4v) is 4.25. The van der Waals surface area contributed by atoms with Gasteiger partial charge in [0.25, 0.3) is 0 Å². The van der Waals surface area contributed by atoms with Gasteiger partial charge in [-0.3, -0.25) is 4.79 Å². The Morgan fingerprint density at radius 2 is 1.96 bits per heavy atom. The first-order valence-electron chi connectivity index (χ1n) is 6.38. The van der Waals surface area contributed by atoms with Crippen LogP contribution in [0.2, 0.25) is 10.0 Å². The molecule has 24 heavy (non-hydrogen) atoms. The molecule has 0 N–H and O–H groups in total. The van der Waals surface area contributed by atoms with E-state index in [0.29, 0.717) is 16.5 Å². The minimum atomic E-state index is -4.52. The molecule has 0 radical (unpaired) electrons. The lowest BCUT2D eigenvalue weighted by molar-refractivity contribution is -0.138. The lowest BCUT2D eigenvalue weighted by Gasteiger charge is -2.10. The van der Waals surface area contributed by atoms with Crippen LogP contribution in [-0.4, -0.2) is 23.8 Å². The Bertz CT molecular complexity index is 727. The third kappa shape index (κ3) is 4.78. The summed E-state index contributed by atoms with van der Waals surface area (Å²) in [4.78, 5) is 15.4. The van der Waals surface area contributed by atoms with Crippen molar-refractivity contribution in [3.63, 3.8) is 0 Å². The van der Waals surface area contributed by atoms with Crippen molar-refractivity contribution in [2.24, 2.45) is 0 Å². The Hall–Kier alpha value is -0.960. The highest BCUT2D eigenvalue weighted by molar-refractivity contribution is 7.99. The average Bonchev–Trinajstić information content (AvgIpc) is 2.93. The zero-order valence-corrected chi connectivity index (χ0v) is 15.3. The second-order valence-corrected chi connectivity index (χ2v) is 7.18. The average molecular weight is 416 g/mol. The molecule has 1 aromatic heterocycles. The van der Waals surface area contributed by atoms with E-state index in [0.717, 1.165) is 12.1 Å². The second kappa shape index (κ2) is 7.95. The van der Waals surface area contributed by atoms with Crippen LogP contribution in [-0.2, 0) is 21.5 Å². The van der Waals surface area contributed by atoms with Crippen LogP contribution >= 0.6 is 46.3 Å². The van der Waals surface area contributed by atoms with Crippen molar-refractivity contribution >= 4 is 52.3 Å². The molecule has 0 fully saturated rings. The van der Waals surface area contributed by atoms with Gasteiger partial charge in [-0.1, -0.05) is 23.2 Å². The Morgan fingerprint density at radius 1 is 1.33 bits per heavy atom. The van der Waals surface area contributed by atoms with E-state index in [9.17, 15) is 18.0 Å². The first-order valence-corrected chi connectivity index (χ1v) is 9.17. The topological polar surface area (TPSA) is 39.2 Å². The van der Waals surface area contributed by atoms with Crippen LogP contribution in [0.25, 0.3) is 10.6 Å². The molecule has 0 amide bonds. The van der Waals surface area contributed by atoms with Gasteiger partial charge in [0, 0.05) is 16.7 Å². The zero-order valence-electron chi connectivity index (χ0n) is 12.1. The van der Waals surface area contributed by atoms with Crippen molar-refractivity contribution in [3.05, 3.63) is 38.8 Å². The van der Waals surface area contributed by atoms with E-state index in [1.807, 2.05) is 0 Å². The molecule has 1 heterocycles. The highest BCUT2D eigenvalue weighted by Gasteiger charge is 2.32. The number of aromatic nitrogens is 1. The summed E-state index contributed by atoms with van der Waals surface area (Å²) >= 11 is 14.5. The number of hydrogen-bond acceptors (Lipinski definition) is 5. The van der Waals surface area contributed by atoms with Crippen LogP contribution in [0.4, 0.5) is 13.2 Å². The van der Waals surface area contributed by atoms with Crippen molar-refractivity contribution in [1.82, 2.24) is 4.98 Å². The van der Waals surface area contributed by atoms with E-state index in [-0.39, 0.29) is 27.3 Å². The van der Waals surface area contributed by atoms with Gasteiger partial charge in [-0.2, -0.15) is 13.2 Å². The van der Waals surface area contributed by atoms with E-state index in [2.05, 4.69) is 9.72 Å². The summed E-state index contributed by atoms with van der Waals surface area (Å²) in [6, 6.07) is 1.66. The molecule has 130 valence electrons. The third-order valence-corrected chi connectivity index (χ3v) is 5.28. The minimum absolute atomic E-state index is 0.113. The normalized spacial score (nSPS) is 11.6. The molecule has 0 saturated carbocycles. The molecular weight excluding hydrogens is 406 g/mol. The number of carbonyl (C=O) groups is 1. The predicted octanol–water partition coefficient (Wildman–Crippen LogP) is 5.54. The van der Waals surface area contributed by atoms with Gasteiger partial charge in [0.05, 0.1) is 34.2 Å². The van der Waals surface area contributed by atoms with Gasteiger partial charge in [-0.15, -0.1) is 23.1 Å². The van der Waals surface area contributed by atoms with Crippen LogP contribution < -0.4 is 0 Å². The molecule has 10 heteroatoms. The van der Waals surface area contributed by atoms with E-state index in [4.69, 9.17) is 23.2 Å². The Balaban J connectivity index is 2.19. The Morgan fingerprint density at radius 3 is 2.50 bits per heavy atom. The largest absolute Gasteiger partial charge is 0.468 e. The third-order valence-electron chi connectivity index (χ3n) is 2.83. The summed E-state index contributed by atoms with van der Waals surface area (Å²) in [5.41, 5.74) is 0.0307. The molecule has 0 bridgehead atoms. The van der Waals surface area contributed by atoms with Gasteiger partial charge in [0.1, 0.15) is 5.01 Å². The summed E-state index contributed by atoms with van der Waals surface area (Å²) in [7, 11) is 1.30. The number of benzene rings is 1. The smallest absolute Gasteiger partial charge is 0.416 e. The molecule has 1 aromatic carbocycles. The zero-order chi connectivity index (χ0) is 17.9. The van der Waals surface area contributed by atoms with E-state index in [1.54, 1.807) is 5.38 Å². The molecule has 0 aliphatic rings. The lowest BCUT2D eigenvalue weighted by atomic mass is 10.1. The molecule has 0 atom stereocenters. The number of thioether (sulfide) groups is 1. The SMILES string of the molecule is COC(=O)CSCc1csc(-c2c(Cl)cc(C(F)(F)F)cc2Cl)n1. The number of thiazole rings is 1. The highest BCUT2D eigenvalue weighted by Crippen LogP contribution is 2.41. The minimum Gasteiger partial charge on any atom is -0.468 e. The van der Waals surface area contributed by atoms with Crippen LogP contribution in [0.15, 0.2) is 17.5 Å². The number of esters is 1. The van der Waals surface area contributed by atoms with Crippen molar-refractivity contribution in [2.45, 2.75) is 11.9 Å². The van der Waals surface area contributed by atoms with Crippen molar-refractivity contribution < 1.29 is 22.7 Å². The number of methoxy groups -OCH3 is 1. The van der Waals surface area contributed by atoms with Crippen LogP contribution in [0.3, 0.4) is 0 Å². The van der Waals surface area contributed by atoms with E-state index in [1.165, 1.54) is 30.2 Å². The van der Waals surface area contributed by atoms with Gasteiger partial charge in [-0.05, 0) is 12.1 Å². The molecule has 0 aliphatic carbocycles. The first kappa shape index (κ1) is 19.4. The van der Waals surface area contributed by atoms with Gasteiger partial charge in [0.2, 0.25) is 0 Å². The van der Waals surface area contributed by atoms with Gasteiger partial charge < -0.3 is 4.74 Å². The Kier molecular flexibility index (Phi) is 6.41. The maximum Gasteiger partial charge on any atom is 0.416 e. The van der Waals surface area contributed by atoms with Gasteiger partial charge in [0.15, 0.2) is 0 Å². The van der Waals surface area contributed by atoms with Gasteiger partial charge in [-0.25, -0.2) is 4.98 Å². The maximum atomic E-state index is 12.7. The van der Waals surface area contributed by atoms with Crippen molar-refractivity contribution in [1.29, 1.82) is 0 Å². The fourth-order valence-electron chi connectivity index (χ4n) is 1.73. The number of nitrogens with zero attached hydrogens (tertiary/aromatic N) is 1. The fraction of sp³-hybridized carbons (Fsp3) is 0.286. The molecule has 3 nitrogen and oxygen atoms in total. The number of carbonyl (C=O) groups excluding carboxylic acids is 1. The molecule has 2 rings (SSSR count). The van der Waals surface area contributed by atoms with E-state index < -0.39 is 11.7 Å². The molecule has 0 aliphatic heterocycles. The predicted molar refractivity (Wildman–Crippen MR) is 90.8 cm³/mol. The number of rotatable bonds is 5. The maximum absolute atomic E-state index is 12.7. The summed E-state index contributed by atoms with van der Waals surface area (Å²) in [5, 5.41) is 1.94. The molecular formula is C14H10Cl2F3NO2S2. The van der Waals surface area contributed by atoms with Crippen molar-refractivity contribution in [3.8, 4) is 10.6 Å². The second-order valence-electron chi connectivity index (χ2n) is 4.53. The van der Waals surface area contributed by atoms with Crippen LogP contribution in [0.5, 0.6) is 0 Å². The summed E-state index contributed by atoms with van der Waals surface area (Å²) in [5.74, 6) is 0.302. The molecule has 2 aromatic rings. The van der Waals surface area contributed by atoms with E-state index >= 15 is 0 Å². The van der Waals surface area contributed by atoms with Crippen LogP contribution in [0, 0.1) is 0 Å². The number of alkyl halides is 3. The monoisotopic (exact) mass is 415 g/mol.